The molecule has 0 saturated carbocycles. The Balaban J connectivity index is 1.84. The number of hydrogen-bond acceptors (Lipinski definition) is 6. The highest BCUT2D eigenvalue weighted by Gasteiger charge is 2.29. The van der Waals surface area contributed by atoms with Gasteiger partial charge in [0.15, 0.2) is 19.7 Å². The highest BCUT2D eigenvalue weighted by molar-refractivity contribution is 8.25. The van der Waals surface area contributed by atoms with E-state index in [4.69, 9.17) is 12.2 Å². The van der Waals surface area contributed by atoms with Crippen molar-refractivity contribution in [3.8, 4) is 0 Å². The molecule has 0 radical (unpaired) electrons. The standard InChI is InChI=1S/C9H13NO4S4/c11-17(12)3-1-7(5-17)10-9(15)16-8-2-4-18(13,14)6-8/h2,7H,1,3-6H2,(H,10,15). The molecule has 1 atom stereocenters. The van der Waals surface area contributed by atoms with Crippen LogP contribution < -0.4 is 5.32 Å². The molecule has 102 valence electrons. The quantitative estimate of drug-likeness (QED) is 0.720. The molecule has 0 aromatic rings. The fourth-order valence-corrected chi connectivity index (χ4v) is 6.65. The maximum Gasteiger partial charge on any atom is 0.158 e. The molecule has 9 heteroatoms. The minimum Gasteiger partial charge on any atom is -0.367 e. The van der Waals surface area contributed by atoms with Gasteiger partial charge in [-0.15, -0.1) is 0 Å². The summed E-state index contributed by atoms with van der Waals surface area (Å²) in [5.74, 6) is 0.387. The zero-order valence-corrected chi connectivity index (χ0v) is 12.7. The second kappa shape index (κ2) is 5.10. The molecule has 2 heterocycles. The van der Waals surface area contributed by atoms with Crippen LogP contribution in [-0.2, 0) is 19.7 Å². The van der Waals surface area contributed by atoms with Crippen molar-refractivity contribution in [3.63, 3.8) is 0 Å². The molecule has 1 unspecified atom stereocenters. The molecule has 0 aliphatic carbocycles. The van der Waals surface area contributed by atoms with E-state index in [0.29, 0.717) is 15.6 Å². The van der Waals surface area contributed by atoms with Crippen molar-refractivity contribution in [1.82, 2.24) is 5.32 Å². The first-order chi connectivity index (χ1) is 8.26. The van der Waals surface area contributed by atoms with Gasteiger partial charge < -0.3 is 5.32 Å². The van der Waals surface area contributed by atoms with Gasteiger partial charge in [0.1, 0.15) is 4.32 Å². The first-order valence-corrected chi connectivity index (χ1v) is 10.2. The topological polar surface area (TPSA) is 80.3 Å². The van der Waals surface area contributed by atoms with E-state index in [-0.39, 0.29) is 29.1 Å². The van der Waals surface area contributed by atoms with Gasteiger partial charge in [0.2, 0.25) is 0 Å². The normalized spacial score (nSPS) is 28.9. The summed E-state index contributed by atoms with van der Waals surface area (Å²) < 4.78 is 45.5. The SMILES string of the molecule is O=S1(=O)CC=C(SC(=S)NC2CCS(=O)(=O)C2)C1. The Morgan fingerprint density at radius 3 is 2.56 bits per heavy atom. The molecule has 2 aliphatic rings. The van der Waals surface area contributed by atoms with Crippen molar-refractivity contribution in [1.29, 1.82) is 0 Å². The number of nitrogens with one attached hydrogen (secondary N) is 1. The molecule has 0 amide bonds. The third-order valence-electron chi connectivity index (χ3n) is 2.71. The molecule has 18 heavy (non-hydrogen) atoms. The zero-order valence-electron chi connectivity index (χ0n) is 9.46. The Bertz CT molecular complexity index is 590. The molecule has 0 aromatic carbocycles. The lowest BCUT2D eigenvalue weighted by atomic mass is 10.3. The van der Waals surface area contributed by atoms with Gasteiger partial charge in [-0.1, -0.05) is 30.1 Å². The lowest BCUT2D eigenvalue weighted by molar-refractivity contribution is 0.599. The van der Waals surface area contributed by atoms with Crippen LogP contribution in [0.1, 0.15) is 6.42 Å². The van der Waals surface area contributed by atoms with Crippen LogP contribution in [0.3, 0.4) is 0 Å². The zero-order chi connectivity index (χ0) is 13.4. The van der Waals surface area contributed by atoms with Crippen molar-refractivity contribution in [2.75, 3.05) is 23.0 Å². The van der Waals surface area contributed by atoms with Gasteiger partial charge in [-0.2, -0.15) is 0 Å². The van der Waals surface area contributed by atoms with Crippen LogP contribution in [0.5, 0.6) is 0 Å². The van der Waals surface area contributed by atoms with Crippen molar-refractivity contribution in [2.24, 2.45) is 0 Å². The molecule has 1 fully saturated rings. The van der Waals surface area contributed by atoms with Gasteiger partial charge >= 0.3 is 0 Å². The fourth-order valence-electron chi connectivity index (χ4n) is 1.85. The smallest absolute Gasteiger partial charge is 0.158 e. The van der Waals surface area contributed by atoms with E-state index in [0.717, 1.165) is 0 Å². The summed E-state index contributed by atoms with van der Waals surface area (Å²) in [6, 6.07) is -0.145. The minimum absolute atomic E-state index is 0.0302. The Hall–Kier alpha value is -0.120. The van der Waals surface area contributed by atoms with Gasteiger partial charge in [-0.05, 0) is 6.42 Å². The lowest BCUT2D eigenvalue weighted by Crippen LogP contribution is -2.32. The summed E-state index contributed by atoms with van der Waals surface area (Å²) in [7, 11) is -5.91. The van der Waals surface area contributed by atoms with Gasteiger partial charge in [0.25, 0.3) is 0 Å². The average Bonchev–Trinajstić information content (AvgIpc) is 2.69. The first kappa shape index (κ1) is 14.3. The van der Waals surface area contributed by atoms with Crippen LogP contribution in [0, 0.1) is 0 Å². The number of sulfone groups is 2. The maximum atomic E-state index is 11.3. The second-order valence-corrected chi connectivity index (χ2v) is 10.5. The number of thioether (sulfide) groups is 1. The Morgan fingerprint density at radius 1 is 1.33 bits per heavy atom. The highest BCUT2D eigenvalue weighted by Crippen LogP contribution is 2.25. The summed E-state index contributed by atoms with van der Waals surface area (Å²) in [6.07, 6.45) is 2.21. The van der Waals surface area contributed by atoms with Crippen LogP contribution in [0.4, 0.5) is 0 Å². The Labute approximate surface area is 116 Å². The summed E-state index contributed by atoms with van der Waals surface area (Å²) in [5.41, 5.74) is 0. The monoisotopic (exact) mass is 327 g/mol. The molecule has 0 spiro atoms. The van der Waals surface area contributed by atoms with Gasteiger partial charge in [0.05, 0.1) is 23.0 Å². The molecule has 2 rings (SSSR count). The Kier molecular flexibility index (Phi) is 4.05. The highest BCUT2D eigenvalue weighted by atomic mass is 32.2. The predicted molar refractivity (Wildman–Crippen MR) is 77.1 cm³/mol. The summed E-state index contributed by atoms with van der Waals surface area (Å²) in [4.78, 5) is 0.716. The maximum absolute atomic E-state index is 11.3. The number of hydrogen-bond donors (Lipinski definition) is 1. The van der Waals surface area contributed by atoms with Gasteiger partial charge in [0, 0.05) is 10.9 Å². The minimum atomic E-state index is -2.98. The summed E-state index contributed by atoms with van der Waals surface area (Å²) in [5, 5.41) is 2.97. The average molecular weight is 327 g/mol. The van der Waals surface area contributed by atoms with Crippen LogP contribution in [-0.4, -0.2) is 50.2 Å². The molecule has 0 aromatic heterocycles. The van der Waals surface area contributed by atoms with Crippen molar-refractivity contribution in [3.05, 3.63) is 11.0 Å². The van der Waals surface area contributed by atoms with Crippen molar-refractivity contribution < 1.29 is 16.8 Å². The van der Waals surface area contributed by atoms with Crippen molar-refractivity contribution >= 4 is 48.0 Å². The molecule has 0 bridgehead atoms. The second-order valence-electron chi connectivity index (χ2n) is 4.36. The van der Waals surface area contributed by atoms with E-state index in [9.17, 15) is 16.8 Å². The van der Waals surface area contributed by atoms with E-state index in [2.05, 4.69) is 5.32 Å². The lowest BCUT2D eigenvalue weighted by Gasteiger charge is -2.12. The molecule has 1 N–H and O–H groups in total. The van der Waals surface area contributed by atoms with E-state index >= 15 is 0 Å². The number of rotatable bonds is 2. The van der Waals surface area contributed by atoms with E-state index in [1.807, 2.05) is 0 Å². The van der Waals surface area contributed by atoms with E-state index in [1.54, 1.807) is 6.08 Å². The van der Waals surface area contributed by atoms with E-state index < -0.39 is 19.7 Å². The van der Waals surface area contributed by atoms with Gasteiger partial charge in [-0.25, -0.2) is 16.8 Å². The van der Waals surface area contributed by atoms with Crippen LogP contribution >= 0.6 is 24.0 Å². The molecule has 1 saturated heterocycles. The summed E-state index contributed by atoms with van der Waals surface area (Å²) in [6.45, 7) is 0. The molecular weight excluding hydrogens is 314 g/mol. The van der Waals surface area contributed by atoms with E-state index in [1.165, 1.54) is 11.8 Å². The predicted octanol–water partition coefficient (Wildman–Crippen LogP) is 0.0935. The van der Waals surface area contributed by atoms with Gasteiger partial charge in [-0.3, -0.25) is 0 Å². The summed E-state index contributed by atoms with van der Waals surface area (Å²) >= 11 is 6.30. The van der Waals surface area contributed by atoms with Crippen LogP contribution in [0.2, 0.25) is 0 Å². The molecule has 5 nitrogen and oxygen atoms in total. The molecule has 2 aliphatic heterocycles. The number of thiocarbonyl (C=S) groups is 1. The third kappa shape index (κ3) is 3.94. The van der Waals surface area contributed by atoms with Crippen molar-refractivity contribution in [2.45, 2.75) is 12.5 Å². The Morgan fingerprint density at radius 2 is 2.06 bits per heavy atom. The van der Waals surface area contributed by atoms with Crippen LogP contribution in [0.25, 0.3) is 0 Å². The third-order valence-corrected chi connectivity index (χ3v) is 7.33. The molecular formula is C9H13NO4S4. The van der Waals surface area contributed by atoms with Crippen LogP contribution in [0.15, 0.2) is 11.0 Å². The largest absolute Gasteiger partial charge is 0.367 e. The fraction of sp³-hybridized carbons (Fsp3) is 0.667. The first-order valence-electron chi connectivity index (χ1n) is 5.34.